The van der Waals surface area contributed by atoms with Crippen molar-refractivity contribution in [1.82, 2.24) is 25.2 Å². The number of hydrogen-bond acceptors (Lipinski definition) is 5. The minimum atomic E-state index is -0.134. The molecular weight excluding hydrogens is 306 g/mol. The first-order chi connectivity index (χ1) is 11.5. The molecule has 2 heterocycles. The Bertz CT molecular complexity index is 821. The van der Waals surface area contributed by atoms with Gasteiger partial charge in [-0.25, -0.2) is 4.68 Å². The van der Waals surface area contributed by atoms with Crippen LogP contribution < -0.4 is 5.32 Å². The minimum absolute atomic E-state index is 0.0123. The lowest BCUT2D eigenvalue weighted by molar-refractivity contribution is 0.0951. The third-order valence-electron chi connectivity index (χ3n) is 3.77. The van der Waals surface area contributed by atoms with Gasteiger partial charge in [-0.3, -0.25) is 4.79 Å². The normalized spacial score (nSPS) is 12.1. The third kappa shape index (κ3) is 3.34. The van der Waals surface area contributed by atoms with Crippen LogP contribution in [0.5, 0.6) is 0 Å². The quantitative estimate of drug-likeness (QED) is 0.778. The summed E-state index contributed by atoms with van der Waals surface area (Å²) in [4.78, 5) is 16.2. The molecule has 1 N–H and O–H groups in total. The van der Waals surface area contributed by atoms with Gasteiger partial charge in [-0.1, -0.05) is 12.1 Å². The molecule has 3 aromatic rings. The molecule has 7 nitrogen and oxygen atoms in total. The molecular formula is C17H19N5O2. The summed E-state index contributed by atoms with van der Waals surface area (Å²) in [6, 6.07) is 9.37. The van der Waals surface area contributed by atoms with E-state index in [1.165, 1.54) is 6.39 Å². The van der Waals surface area contributed by atoms with E-state index in [0.29, 0.717) is 17.9 Å². The van der Waals surface area contributed by atoms with Crippen molar-refractivity contribution in [1.29, 1.82) is 0 Å². The Morgan fingerprint density at radius 1 is 1.29 bits per heavy atom. The molecule has 24 heavy (non-hydrogen) atoms. The van der Waals surface area contributed by atoms with E-state index in [1.807, 2.05) is 43.7 Å². The maximum absolute atomic E-state index is 12.2. The Morgan fingerprint density at radius 3 is 2.62 bits per heavy atom. The van der Waals surface area contributed by atoms with Gasteiger partial charge in [0.1, 0.15) is 0 Å². The lowest BCUT2D eigenvalue weighted by atomic mass is 10.1. The fraction of sp³-hybridized carbons (Fsp3) is 0.294. The van der Waals surface area contributed by atoms with E-state index in [-0.39, 0.29) is 11.8 Å². The number of hydrogen-bond donors (Lipinski definition) is 1. The van der Waals surface area contributed by atoms with Crippen molar-refractivity contribution < 1.29 is 9.32 Å². The molecule has 0 aliphatic heterocycles. The Kier molecular flexibility index (Phi) is 4.41. The summed E-state index contributed by atoms with van der Waals surface area (Å²) in [6.45, 7) is 6.32. The largest absolute Gasteiger partial charge is 0.351 e. The van der Waals surface area contributed by atoms with Crippen LogP contribution in [0.4, 0.5) is 0 Å². The number of nitrogens with zero attached hydrogens (tertiary/aromatic N) is 4. The number of aromatic nitrogens is 4. The van der Waals surface area contributed by atoms with E-state index >= 15 is 0 Å². The first kappa shape index (κ1) is 15.9. The van der Waals surface area contributed by atoms with Crippen LogP contribution in [0.2, 0.25) is 0 Å². The zero-order valence-electron chi connectivity index (χ0n) is 13.9. The third-order valence-corrected chi connectivity index (χ3v) is 3.77. The Hall–Kier alpha value is -2.96. The van der Waals surface area contributed by atoms with Gasteiger partial charge in [0.2, 0.25) is 6.39 Å². The van der Waals surface area contributed by atoms with Crippen LogP contribution >= 0.6 is 0 Å². The molecule has 1 amide bonds. The SMILES string of the molecule is Cc1cc(C)n(-c2ccc(C(=O)NCC(C)c3ncon3)cc2)n1. The molecule has 1 aromatic carbocycles. The number of benzene rings is 1. The molecule has 0 saturated heterocycles. The zero-order chi connectivity index (χ0) is 17.1. The average Bonchev–Trinajstić information content (AvgIpc) is 3.22. The van der Waals surface area contributed by atoms with Gasteiger partial charge in [-0.05, 0) is 44.2 Å². The van der Waals surface area contributed by atoms with Crippen molar-refractivity contribution >= 4 is 5.91 Å². The van der Waals surface area contributed by atoms with Crippen LogP contribution in [0, 0.1) is 13.8 Å². The maximum atomic E-state index is 12.2. The topological polar surface area (TPSA) is 85.8 Å². The Morgan fingerprint density at radius 2 is 2.04 bits per heavy atom. The minimum Gasteiger partial charge on any atom is -0.351 e. The number of rotatable bonds is 5. The van der Waals surface area contributed by atoms with Gasteiger partial charge in [-0.15, -0.1) is 0 Å². The van der Waals surface area contributed by atoms with E-state index in [4.69, 9.17) is 4.52 Å². The van der Waals surface area contributed by atoms with Crippen molar-refractivity contribution in [3.63, 3.8) is 0 Å². The zero-order valence-corrected chi connectivity index (χ0v) is 13.9. The van der Waals surface area contributed by atoms with Gasteiger partial charge in [0.25, 0.3) is 5.91 Å². The lowest BCUT2D eigenvalue weighted by Crippen LogP contribution is -2.27. The summed E-state index contributed by atoms with van der Waals surface area (Å²) in [5.41, 5.74) is 3.54. The van der Waals surface area contributed by atoms with Crippen LogP contribution in [0.3, 0.4) is 0 Å². The highest BCUT2D eigenvalue weighted by atomic mass is 16.5. The second-order valence-corrected chi connectivity index (χ2v) is 5.79. The van der Waals surface area contributed by atoms with Gasteiger partial charge < -0.3 is 9.84 Å². The highest BCUT2D eigenvalue weighted by Gasteiger charge is 2.13. The van der Waals surface area contributed by atoms with E-state index in [2.05, 4.69) is 20.6 Å². The molecule has 7 heteroatoms. The highest BCUT2D eigenvalue weighted by Crippen LogP contribution is 2.13. The second-order valence-electron chi connectivity index (χ2n) is 5.79. The Labute approximate surface area is 139 Å². The van der Waals surface area contributed by atoms with E-state index in [0.717, 1.165) is 17.1 Å². The summed E-state index contributed by atoms with van der Waals surface area (Å²) in [6.07, 6.45) is 1.28. The lowest BCUT2D eigenvalue weighted by Gasteiger charge is -2.10. The molecule has 0 spiro atoms. The van der Waals surface area contributed by atoms with Crippen molar-refractivity contribution in [2.75, 3.05) is 6.54 Å². The molecule has 0 radical (unpaired) electrons. The average molecular weight is 325 g/mol. The molecule has 0 fully saturated rings. The summed E-state index contributed by atoms with van der Waals surface area (Å²) < 4.78 is 6.57. The number of nitrogens with one attached hydrogen (secondary N) is 1. The molecule has 1 atom stereocenters. The number of carbonyl (C=O) groups excluding carboxylic acids is 1. The highest BCUT2D eigenvalue weighted by molar-refractivity contribution is 5.94. The van der Waals surface area contributed by atoms with Gasteiger partial charge >= 0.3 is 0 Å². The summed E-state index contributed by atoms with van der Waals surface area (Å²) in [5, 5.41) is 11.1. The van der Waals surface area contributed by atoms with E-state index in [9.17, 15) is 4.79 Å². The number of aryl methyl sites for hydroxylation is 2. The molecule has 0 aliphatic rings. The molecule has 124 valence electrons. The Balaban J connectivity index is 1.65. The summed E-state index contributed by atoms with van der Waals surface area (Å²) in [5.74, 6) is 0.433. The van der Waals surface area contributed by atoms with Gasteiger partial charge in [0.15, 0.2) is 5.82 Å². The summed E-state index contributed by atoms with van der Waals surface area (Å²) in [7, 11) is 0. The van der Waals surface area contributed by atoms with Crippen molar-refractivity contribution in [2.45, 2.75) is 26.7 Å². The maximum Gasteiger partial charge on any atom is 0.251 e. The fourth-order valence-electron chi connectivity index (χ4n) is 2.48. The second kappa shape index (κ2) is 6.66. The monoisotopic (exact) mass is 325 g/mol. The van der Waals surface area contributed by atoms with Crippen molar-refractivity contribution in [3.05, 3.63) is 59.5 Å². The van der Waals surface area contributed by atoms with Gasteiger partial charge in [0, 0.05) is 23.7 Å². The fourth-order valence-corrected chi connectivity index (χ4v) is 2.48. The molecule has 0 aliphatic carbocycles. The number of amides is 1. The van der Waals surface area contributed by atoms with Crippen LogP contribution in [-0.2, 0) is 0 Å². The van der Waals surface area contributed by atoms with E-state index < -0.39 is 0 Å². The molecule has 2 aromatic heterocycles. The molecule has 0 saturated carbocycles. The predicted octanol–water partition coefficient (Wildman–Crippen LogP) is 2.41. The summed E-state index contributed by atoms with van der Waals surface area (Å²) >= 11 is 0. The van der Waals surface area contributed by atoms with Crippen LogP contribution in [0.25, 0.3) is 5.69 Å². The first-order valence-corrected chi connectivity index (χ1v) is 7.73. The van der Waals surface area contributed by atoms with Crippen LogP contribution in [-0.4, -0.2) is 32.4 Å². The standard InChI is InChI=1S/C17H19N5O2/c1-11(16-19-10-24-21-16)9-18-17(23)14-4-6-15(7-5-14)22-13(3)8-12(2)20-22/h4-8,10-11H,9H2,1-3H3,(H,18,23). The molecule has 3 rings (SSSR count). The van der Waals surface area contributed by atoms with Gasteiger partial charge in [-0.2, -0.15) is 10.1 Å². The van der Waals surface area contributed by atoms with Gasteiger partial charge in [0.05, 0.1) is 11.4 Å². The predicted molar refractivity (Wildman–Crippen MR) is 88.1 cm³/mol. The number of carbonyl (C=O) groups is 1. The first-order valence-electron chi connectivity index (χ1n) is 7.73. The van der Waals surface area contributed by atoms with Crippen LogP contribution in [0.1, 0.15) is 40.4 Å². The van der Waals surface area contributed by atoms with Crippen LogP contribution in [0.15, 0.2) is 41.2 Å². The van der Waals surface area contributed by atoms with Crippen molar-refractivity contribution in [3.8, 4) is 5.69 Å². The van der Waals surface area contributed by atoms with E-state index in [1.54, 1.807) is 12.1 Å². The molecule has 0 bridgehead atoms. The smallest absolute Gasteiger partial charge is 0.251 e. The van der Waals surface area contributed by atoms with Crippen molar-refractivity contribution in [2.24, 2.45) is 0 Å². The molecule has 1 unspecified atom stereocenters.